The van der Waals surface area contributed by atoms with Gasteiger partial charge < -0.3 is 5.11 Å². The van der Waals surface area contributed by atoms with E-state index in [2.05, 4.69) is 0 Å². The molecule has 68 valence electrons. The number of benzene rings is 1. The molecule has 1 aromatic carbocycles. The first-order chi connectivity index (χ1) is 6.20. The van der Waals surface area contributed by atoms with Crippen LogP contribution in [0.4, 0.5) is 0 Å². The standard InChI is InChI=1S/C11H12O2/c1-7-3-2-4-9(11(12)13)10(7)8-5-6-8/h2-4,8H,5-6H2,1H3,(H,12,13). The zero-order valence-electron chi connectivity index (χ0n) is 7.58. The third-order valence-corrected chi connectivity index (χ3v) is 2.54. The lowest BCUT2D eigenvalue weighted by Gasteiger charge is -2.07. The molecule has 1 aliphatic rings. The van der Waals surface area contributed by atoms with Gasteiger partial charge in [-0.05, 0) is 42.9 Å². The smallest absolute Gasteiger partial charge is 0.335 e. The molecule has 0 atom stereocenters. The molecule has 0 aliphatic heterocycles. The number of carbonyl (C=O) groups is 1. The van der Waals surface area contributed by atoms with E-state index in [1.165, 1.54) is 0 Å². The molecule has 1 fully saturated rings. The first-order valence-electron chi connectivity index (χ1n) is 4.53. The molecule has 1 saturated carbocycles. The van der Waals surface area contributed by atoms with Crippen LogP contribution in [-0.4, -0.2) is 11.1 Å². The number of aromatic carboxylic acids is 1. The summed E-state index contributed by atoms with van der Waals surface area (Å²) in [6.45, 7) is 1.99. The van der Waals surface area contributed by atoms with Crippen LogP contribution in [0.1, 0.15) is 40.2 Å². The molecule has 0 bridgehead atoms. The lowest BCUT2D eigenvalue weighted by molar-refractivity contribution is 0.0695. The van der Waals surface area contributed by atoms with E-state index in [4.69, 9.17) is 5.11 Å². The maximum atomic E-state index is 10.9. The predicted octanol–water partition coefficient (Wildman–Crippen LogP) is 2.57. The van der Waals surface area contributed by atoms with Crippen LogP contribution in [0.25, 0.3) is 0 Å². The Morgan fingerprint density at radius 2 is 2.15 bits per heavy atom. The molecule has 2 rings (SSSR count). The van der Waals surface area contributed by atoms with Gasteiger partial charge in [-0.25, -0.2) is 4.79 Å². The lowest BCUT2D eigenvalue weighted by atomic mass is 9.98. The van der Waals surface area contributed by atoms with Crippen molar-refractivity contribution < 1.29 is 9.90 Å². The maximum Gasteiger partial charge on any atom is 0.335 e. The highest BCUT2D eigenvalue weighted by molar-refractivity contribution is 5.90. The van der Waals surface area contributed by atoms with Crippen LogP contribution in [0.2, 0.25) is 0 Å². The van der Waals surface area contributed by atoms with Gasteiger partial charge in [0.25, 0.3) is 0 Å². The first kappa shape index (κ1) is 8.30. The van der Waals surface area contributed by atoms with Crippen molar-refractivity contribution in [2.24, 2.45) is 0 Å². The number of carboxylic acid groups (broad SMARTS) is 1. The maximum absolute atomic E-state index is 10.9. The van der Waals surface area contributed by atoms with Crippen molar-refractivity contribution in [3.05, 3.63) is 34.9 Å². The van der Waals surface area contributed by atoms with Crippen molar-refractivity contribution >= 4 is 5.97 Å². The number of hydrogen-bond acceptors (Lipinski definition) is 1. The van der Waals surface area contributed by atoms with E-state index in [0.29, 0.717) is 11.5 Å². The predicted molar refractivity (Wildman–Crippen MR) is 50.1 cm³/mol. The normalized spacial score (nSPS) is 15.8. The molecular formula is C11H12O2. The summed E-state index contributed by atoms with van der Waals surface area (Å²) in [6, 6.07) is 5.49. The van der Waals surface area contributed by atoms with Gasteiger partial charge in [-0.3, -0.25) is 0 Å². The Morgan fingerprint density at radius 1 is 1.46 bits per heavy atom. The van der Waals surface area contributed by atoms with Crippen molar-refractivity contribution in [1.82, 2.24) is 0 Å². The molecule has 0 radical (unpaired) electrons. The topological polar surface area (TPSA) is 37.3 Å². The Hall–Kier alpha value is -1.31. The van der Waals surface area contributed by atoms with Crippen molar-refractivity contribution in [3.63, 3.8) is 0 Å². The molecular weight excluding hydrogens is 164 g/mol. The van der Waals surface area contributed by atoms with Crippen LogP contribution in [0, 0.1) is 6.92 Å². The van der Waals surface area contributed by atoms with Gasteiger partial charge in [-0.2, -0.15) is 0 Å². The summed E-state index contributed by atoms with van der Waals surface area (Å²) in [5, 5.41) is 8.97. The highest BCUT2D eigenvalue weighted by atomic mass is 16.4. The fourth-order valence-electron chi connectivity index (χ4n) is 1.78. The number of rotatable bonds is 2. The van der Waals surface area contributed by atoms with Crippen LogP contribution < -0.4 is 0 Å². The zero-order chi connectivity index (χ0) is 9.42. The van der Waals surface area contributed by atoms with Crippen molar-refractivity contribution in [2.45, 2.75) is 25.7 Å². The molecule has 0 saturated heterocycles. The summed E-state index contributed by atoms with van der Waals surface area (Å²) in [6.07, 6.45) is 2.29. The van der Waals surface area contributed by atoms with E-state index in [9.17, 15) is 4.79 Å². The molecule has 1 N–H and O–H groups in total. The Bertz CT molecular complexity index is 351. The van der Waals surface area contributed by atoms with Crippen LogP contribution in [0.3, 0.4) is 0 Å². The summed E-state index contributed by atoms with van der Waals surface area (Å²) in [5.74, 6) is -0.294. The van der Waals surface area contributed by atoms with E-state index in [1.807, 2.05) is 19.1 Å². The van der Waals surface area contributed by atoms with Crippen LogP contribution >= 0.6 is 0 Å². The fraction of sp³-hybridized carbons (Fsp3) is 0.364. The molecule has 1 aromatic rings. The monoisotopic (exact) mass is 176 g/mol. The van der Waals surface area contributed by atoms with E-state index >= 15 is 0 Å². The van der Waals surface area contributed by atoms with Gasteiger partial charge in [0.2, 0.25) is 0 Å². The third kappa shape index (κ3) is 1.44. The Morgan fingerprint density at radius 3 is 2.69 bits per heavy atom. The molecule has 0 spiro atoms. The van der Waals surface area contributed by atoms with Gasteiger partial charge in [-0.1, -0.05) is 12.1 Å². The molecule has 2 nitrogen and oxygen atoms in total. The number of hydrogen-bond donors (Lipinski definition) is 1. The lowest BCUT2D eigenvalue weighted by Crippen LogP contribution is -2.02. The average molecular weight is 176 g/mol. The number of aryl methyl sites for hydroxylation is 1. The van der Waals surface area contributed by atoms with Crippen molar-refractivity contribution in [2.75, 3.05) is 0 Å². The third-order valence-electron chi connectivity index (χ3n) is 2.54. The van der Waals surface area contributed by atoms with E-state index in [1.54, 1.807) is 6.07 Å². The Labute approximate surface area is 77.2 Å². The van der Waals surface area contributed by atoms with Crippen LogP contribution in [0.15, 0.2) is 18.2 Å². The summed E-state index contributed by atoms with van der Waals surface area (Å²) in [4.78, 5) is 10.9. The van der Waals surface area contributed by atoms with Crippen LogP contribution in [0.5, 0.6) is 0 Å². The van der Waals surface area contributed by atoms with Gasteiger partial charge in [0, 0.05) is 0 Å². The second-order valence-corrected chi connectivity index (χ2v) is 3.62. The molecule has 13 heavy (non-hydrogen) atoms. The first-order valence-corrected chi connectivity index (χ1v) is 4.53. The van der Waals surface area contributed by atoms with Gasteiger partial charge in [0.15, 0.2) is 0 Å². The second kappa shape index (κ2) is 2.87. The molecule has 0 amide bonds. The summed E-state index contributed by atoms with van der Waals surface area (Å²) in [7, 11) is 0. The number of carboxylic acids is 1. The van der Waals surface area contributed by atoms with E-state index in [0.717, 1.165) is 24.0 Å². The molecule has 0 unspecified atom stereocenters. The highest BCUT2D eigenvalue weighted by Crippen LogP contribution is 2.43. The molecule has 0 heterocycles. The Balaban J connectivity index is 2.53. The quantitative estimate of drug-likeness (QED) is 0.751. The average Bonchev–Trinajstić information content (AvgIpc) is 2.86. The van der Waals surface area contributed by atoms with E-state index < -0.39 is 5.97 Å². The fourth-order valence-corrected chi connectivity index (χ4v) is 1.78. The zero-order valence-corrected chi connectivity index (χ0v) is 7.58. The minimum Gasteiger partial charge on any atom is -0.478 e. The van der Waals surface area contributed by atoms with Gasteiger partial charge in [0.1, 0.15) is 0 Å². The minimum atomic E-state index is -0.800. The molecule has 0 aromatic heterocycles. The molecule has 1 aliphatic carbocycles. The van der Waals surface area contributed by atoms with Gasteiger partial charge in [0.05, 0.1) is 5.56 Å². The Kier molecular flexibility index (Phi) is 1.83. The van der Waals surface area contributed by atoms with Crippen LogP contribution in [-0.2, 0) is 0 Å². The van der Waals surface area contributed by atoms with Crippen molar-refractivity contribution in [1.29, 1.82) is 0 Å². The largest absolute Gasteiger partial charge is 0.478 e. The minimum absolute atomic E-state index is 0.488. The second-order valence-electron chi connectivity index (χ2n) is 3.62. The summed E-state index contributed by atoms with van der Waals surface area (Å²) >= 11 is 0. The van der Waals surface area contributed by atoms with Crippen molar-refractivity contribution in [3.8, 4) is 0 Å². The molecule has 2 heteroatoms. The summed E-state index contributed by atoms with van der Waals surface area (Å²) < 4.78 is 0. The van der Waals surface area contributed by atoms with Gasteiger partial charge in [-0.15, -0.1) is 0 Å². The van der Waals surface area contributed by atoms with E-state index in [-0.39, 0.29) is 0 Å². The SMILES string of the molecule is Cc1cccc(C(=O)O)c1C1CC1. The highest BCUT2D eigenvalue weighted by Gasteiger charge is 2.29. The summed E-state index contributed by atoms with van der Waals surface area (Å²) in [5.41, 5.74) is 2.65. The van der Waals surface area contributed by atoms with Gasteiger partial charge >= 0.3 is 5.97 Å².